The third-order valence-corrected chi connectivity index (χ3v) is 2.13. The standard InChI is InChI=1S/C8H9B2Cl/c9-4-6-1-2-8(11)3-7(6)5-10/h1,3,8H,2,4-5H2. The fourth-order valence-corrected chi connectivity index (χ4v) is 1.43. The first-order valence-electron chi connectivity index (χ1n) is 3.72. The molecule has 0 aliphatic heterocycles. The number of alkyl halides is 1. The predicted octanol–water partition coefficient (Wildman–Crippen LogP) is 2.02. The molecule has 0 heterocycles. The summed E-state index contributed by atoms with van der Waals surface area (Å²) in [5.41, 5.74) is 2.24. The lowest BCUT2D eigenvalue weighted by molar-refractivity contribution is 0.996. The second-order valence-corrected chi connectivity index (χ2v) is 3.14. The molecular weight excluding hydrogens is 153 g/mol. The Bertz CT molecular complexity index is 196. The molecule has 0 aromatic rings. The van der Waals surface area contributed by atoms with Gasteiger partial charge in [0.15, 0.2) is 0 Å². The highest BCUT2D eigenvalue weighted by molar-refractivity contribution is 6.22. The van der Waals surface area contributed by atoms with Crippen molar-refractivity contribution in [3.63, 3.8) is 0 Å². The second-order valence-electron chi connectivity index (χ2n) is 2.58. The third-order valence-electron chi connectivity index (χ3n) is 1.82. The molecule has 0 amide bonds. The number of hydrogen-bond acceptors (Lipinski definition) is 0. The van der Waals surface area contributed by atoms with Gasteiger partial charge in [-0.05, 0) is 6.42 Å². The van der Waals surface area contributed by atoms with Gasteiger partial charge in [-0.2, -0.15) is 0 Å². The Morgan fingerprint density at radius 1 is 1.36 bits per heavy atom. The van der Waals surface area contributed by atoms with Crippen LogP contribution in [0.25, 0.3) is 0 Å². The van der Waals surface area contributed by atoms with E-state index in [0.717, 1.165) is 17.6 Å². The van der Waals surface area contributed by atoms with Crippen molar-refractivity contribution in [1.82, 2.24) is 0 Å². The van der Waals surface area contributed by atoms with Crippen molar-refractivity contribution in [3.8, 4) is 0 Å². The zero-order valence-electron chi connectivity index (χ0n) is 6.39. The minimum absolute atomic E-state index is 0.101. The highest BCUT2D eigenvalue weighted by Crippen LogP contribution is 2.25. The molecule has 0 spiro atoms. The van der Waals surface area contributed by atoms with Crippen LogP contribution in [0.1, 0.15) is 6.42 Å². The van der Waals surface area contributed by atoms with Crippen LogP contribution in [0.3, 0.4) is 0 Å². The largest absolute Gasteiger partial charge is 0.118 e. The summed E-state index contributed by atoms with van der Waals surface area (Å²) in [5.74, 6) is 0. The van der Waals surface area contributed by atoms with Gasteiger partial charge in [0.25, 0.3) is 0 Å². The molecule has 1 atom stereocenters. The number of allylic oxidation sites excluding steroid dienone is 4. The molecule has 54 valence electrons. The van der Waals surface area contributed by atoms with Gasteiger partial charge in [-0.15, -0.1) is 11.6 Å². The van der Waals surface area contributed by atoms with Gasteiger partial charge in [-0.3, -0.25) is 0 Å². The van der Waals surface area contributed by atoms with Crippen LogP contribution in [0.5, 0.6) is 0 Å². The van der Waals surface area contributed by atoms with Gasteiger partial charge in [0.05, 0.1) is 21.1 Å². The van der Waals surface area contributed by atoms with Crippen LogP contribution in [-0.2, 0) is 0 Å². The first kappa shape index (κ1) is 8.99. The molecule has 0 nitrogen and oxygen atoms in total. The Kier molecular flexibility index (Phi) is 3.32. The Balaban J connectivity index is 2.74. The molecule has 0 saturated heterocycles. The van der Waals surface area contributed by atoms with E-state index in [2.05, 4.69) is 6.08 Å². The highest BCUT2D eigenvalue weighted by atomic mass is 35.5. The summed E-state index contributed by atoms with van der Waals surface area (Å²) in [6, 6.07) is 0. The average Bonchev–Trinajstić information content (AvgIpc) is 2.04. The molecule has 0 aromatic heterocycles. The summed E-state index contributed by atoms with van der Waals surface area (Å²) in [6.45, 7) is 0. The second kappa shape index (κ2) is 4.06. The van der Waals surface area contributed by atoms with Crippen LogP contribution in [-0.4, -0.2) is 21.1 Å². The summed E-state index contributed by atoms with van der Waals surface area (Å²) < 4.78 is 0. The molecule has 4 radical (unpaired) electrons. The number of halogens is 1. The summed E-state index contributed by atoms with van der Waals surface area (Å²) >= 11 is 5.90. The van der Waals surface area contributed by atoms with Crippen molar-refractivity contribution >= 4 is 27.3 Å². The van der Waals surface area contributed by atoms with Crippen molar-refractivity contribution in [2.75, 3.05) is 0 Å². The minimum atomic E-state index is 0.101. The quantitative estimate of drug-likeness (QED) is 0.430. The van der Waals surface area contributed by atoms with Gasteiger partial charge < -0.3 is 0 Å². The Morgan fingerprint density at radius 2 is 2.00 bits per heavy atom. The van der Waals surface area contributed by atoms with E-state index in [1.54, 1.807) is 0 Å². The zero-order chi connectivity index (χ0) is 8.27. The molecule has 0 N–H and O–H groups in total. The smallest absolute Gasteiger partial charge is 0.0716 e. The predicted molar refractivity (Wildman–Crippen MR) is 51.5 cm³/mol. The maximum absolute atomic E-state index is 5.90. The maximum Gasteiger partial charge on any atom is 0.0716 e. The Hall–Kier alpha value is -0.100. The lowest BCUT2D eigenvalue weighted by Gasteiger charge is -2.16. The molecule has 3 heteroatoms. The third kappa shape index (κ3) is 2.16. The zero-order valence-corrected chi connectivity index (χ0v) is 7.14. The lowest BCUT2D eigenvalue weighted by atomic mass is 9.81. The van der Waals surface area contributed by atoms with E-state index in [1.807, 2.05) is 6.08 Å². The van der Waals surface area contributed by atoms with Crippen LogP contribution in [0.2, 0.25) is 12.6 Å². The first-order valence-corrected chi connectivity index (χ1v) is 4.16. The molecule has 0 aromatic carbocycles. The maximum atomic E-state index is 5.90. The topological polar surface area (TPSA) is 0 Å². The molecule has 0 bridgehead atoms. The van der Waals surface area contributed by atoms with Gasteiger partial charge in [-0.1, -0.05) is 35.9 Å². The molecule has 1 aliphatic rings. The van der Waals surface area contributed by atoms with Crippen LogP contribution >= 0.6 is 11.6 Å². The summed E-state index contributed by atoms with van der Waals surface area (Å²) in [7, 11) is 11.0. The normalized spacial score (nSPS) is 24.3. The van der Waals surface area contributed by atoms with Crippen molar-refractivity contribution < 1.29 is 0 Å². The molecule has 1 rings (SSSR count). The van der Waals surface area contributed by atoms with Gasteiger partial charge >= 0.3 is 0 Å². The number of hydrogen-bond donors (Lipinski definition) is 0. The van der Waals surface area contributed by atoms with Crippen molar-refractivity contribution in [1.29, 1.82) is 0 Å². The molecule has 1 unspecified atom stereocenters. The lowest BCUT2D eigenvalue weighted by Crippen LogP contribution is -2.03. The molecule has 1 aliphatic carbocycles. The SMILES string of the molecule is [B]CC1=CCC(Cl)C=C1C[B]. The first-order chi connectivity index (χ1) is 5.27. The van der Waals surface area contributed by atoms with Crippen LogP contribution in [0.4, 0.5) is 0 Å². The molecule has 0 saturated carbocycles. The van der Waals surface area contributed by atoms with Crippen molar-refractivity contribution in [2.45, 2.75) is 24.4 Å². The Morgan fingerprint density at radius 3 is 2.55 bits per heavy atom. The highest BCUT2D eigenvalue weighted by Gasteiger charge is 2.09. The summed E-state index contributed by atoms with van der Waals surface area (Å²) in [6.07, 6.45) is 6.03. The van der Waals surface area contributed by atoms with Crippen LogP contribution in [0.15, 0.2) is 23.3 Å². The van der Waals surface area contributed by atoms with E-state index in [1.165, 1.54) is 0 Å². The average molecular weight is 162 g/mol. The van der Waals surface area contributed by atoms with Gasteiger partial charge in [-0.25, -0.2) is 0 Å². The van der Waals surface area contributed by atoms with Crippen molar-refractivity contribution in [2.24, 2.45) is 0 Å². The van der Waals surface area contributed by atoms with Gasteiger partial charge in [0.1, 0.15) is 0 Å². The van der Waals surface area contributed by atoms with Gasteiger partial charge in [0, 0.05) is 0 Å². The summed E-state index contributed by atoms with van der Waals surface area (Å²) in [5, 5.41) is 0.101. The van der Waals surface area contributed by atoms with E-state index >= 15 is 0 Å². The molecule has 11 heavy (non-hydrogen) atoms. The number of rotatable bonds is 2. The van der Waals surface area contributed by atoms with Crippen LogP contribution < -0.4 is 0 Å². The molecular formula is C8H9B2Cl. The van der Waals surface area contributed by atoms with Crippen LogP contribution in [0, 0.1) is 0 Å². The fourth-order valence-electron chi connectivity index (χ4n) is 1.19. The minimum Gasteiger partial charge on any atom is -0.118 e. The van der Waals surface area contributed by atoms with E-state index < -0.39 is 0 Å². The van der Waals surface area contributed by atoms with E-state index in [4.69, 9.17) is 27.3 Å². The monoisotopic (exact) mass is 162 g/mol. The van der Waals surface area contributed by atoms with E-state index in [-0.39, 0.29) is 5.38 Å². The molecule has 0 fully saturated rings. The Labute approximate surface area is 75.5 Å². The van der Waals surface area contributed by atoms with Crippen molar-refractivity contribution in [3.05, 3.63) is 23.3 Å². The fraction of sp³-hybridized carbons (Fsp3) is 0.500. The van der Waals surface area contributed by atoms with E-state index in [0.29, 0.717) is 12.6 Å². The summed E-state index contributed by atoms with van der Waals surface area (Å²) in [4.78, 5) is 0. The van der Waals surface area contributed by atoms with Gasteiger partial charge in [0.2, 0.25) is 0 Å². The van der Waals surface area contributed by atoms with E-state index in [9.17, 15) is 0 Å².